The molecule has 0 bridgehead atoms. The van der Waals surface area contributed by atoms with E-state index >= 15 is 0 Å². The minimum atomic E-state index is -4.89. The zero-order valence-corrected chi connectivity index (χ0v) is 10.5. The van der Waals surface area contributed by atoms with Gasteiger partial charge in [0.1, 0.15) is 5.75 Å². The monoisotopic (exact) mass is 298 g/mol. The van der Waals surface area contributed by atoms with Crippen molar-refractivity contribution in [1.82, 2.24) is 0 Å². The molecule has 7 heteroatoms. The molecular weight excluding hydrogens is 289 g/mol. The van der Waals surface area contributed by atoms with Gasteiger partial charge in [-0.2, -0.15) is 0 Å². The van der Waals surface area contributed by atoms with Gasteiger partial charge in [-0.15, -0.1) is 13.2 Å². The number of carbonyl (C=O) groups is 1. The van der Waals surface area contributed by atoms with E-state index in [0.717, 1.165) is 12.1 Å². The number of benzene rings is 2. The van der Waals surface area contributed by atoms with E-state index in [1.807, 2.05) is 0 Å². The number of alkyl halides is 3. The Morgan fingerprint density at radius 1 is 0.810 bits per heavy atom. The summed E-state index contributed by atoms with van der Waals surface area (Å²) in [6.07, 6.45) is -6.05. The first-order chi connectivity index (χ1) is 9.94. The normalized spacial score (nSPS) is 10.8. The molecule has 0 fully saturated rings. The van der Waals surface area contributed by atoms with Crippen molar-refractivity contribution in [3.05, 3.63) is 54.6 Å². The molecular formula is C14H9F3O4. The van der Waals surface area contributed by atoms with Crippen molar-refractivity contribution in [1.29, 1.82) is 0 Å². The second-order valence-corrected chi connectivity index (χ2v) is 3.76. The fraction of sp³-hybridized carbons (Fsp3) is 0.0714. The van der Waals surface area contributed by atoms with Crippen LogP contribution in [0.5, 0.6) is 17.2 Å². The molecule has 21 heavy (non-hydrogen) atoms. The lowest BCUT2D eigenvalue weighted by Gasteiger charge is -2.12. The molecule has 4 nitrogen and oxygen atoms in total. The molecule has 0 radical (unpaired) electrons. The highest BCUT2D eigenvalue weighted by molar-refractivity contribution is 5.68. The Kier molecular flexibility index (Phi) is 4.32. The van der Waals surface area contributed by atoms with E-state index in [0.29, 0.717) is 0 Å². The van der Waals surface area contributed by atoms with E-state index < -0.39 is 24.0 Å². The highest BCUT2D eigenvalue weighted by Gasteiger charge is 2.32. The predicted molar refractivity (Wildman–Crippen MR) is 66.2 cm³/mol. The van der Waals surface area contributed by atoms with Crippen molar-refractivity contribution in [3.63, 3.8) is 0 Å². The Hall–Kier alpha value is -2.70. The van der Waals surface area contributed by atoms with E-state index in [2.05, 4.69) is 4.74 Å². The zero-order valence-electron chi connectivity index (χ0n) is 10.5. The third-order valence-corrected chi connectivity index (χ3v) is 2.21. The van der Waals surface area contributed by atoms with Crippen molar-refractivity contribution >= 4 is 6.16 Å². The van der Waals surface area contributed by atoms with Crippen LogP contribution >= 0.6 is 0 Å². The van der Waals surface area contributed by atoms with Gasteiger partial charge >= 0.3 is 12.5 Å². The number of halogens is 3. The van der Waals surface area contributed by atoms with Crippen LogP contribution in [0.4, 0.5) is 18.0 Å². The van der Waals surface area contributed by atoms with Crippen LogP contribution in [0, 0.1) is 0 Å². The van der Waals surface area contributed by atoms with Gasteiger partial charge in [-0.3, -0.25) is 0 Å². The Labute approximate surface area is 117 Å². The predicted octanol–water partition coefficient (Wildman–Crippen LogP) is 4.16. The molecule has 0 aliphatic carbocycles. The quantitative estimate of drug-likeness (QED) is 0.630. The van der Waals surface area contributed by atoms with Gasteiger partial charge in [0, 0.05) is 0 Å². The Morgan fingerprint density at radius 3 is 2.00 bits per heavy atom. The number of rotatable bonds is 3. The summed E-state index contributed by atoms with van der Waals surface area (Å²) in [7, 11) is 0. The second kappa shape index (κ2) is 6.17. The first kappa shape index (κ1) is 14.7. The Bertz CT molecular complexity index is 611. The van der Waals surface area contributed by atoms with Gasteiger partial charge in [0.25, 0.3) is 0 Å². The van der Waals surface area contributed by atoms with Crippen molar-refractivity contribution in [3.8, 4) is 17.2 Å². The second-order valence-electron chi connectivity index (χ2n) is 3.76. The zero-order chi connectivity index (χ0) is 15.3. The van der Waals surface area contributed by atoms with E-state index in [-0.39, 0.29) is 5.75 Å². The van der Waals surface area contributed by atoms with Gasteiger partial charge in [-0.25, -0.2) is 4.79 Å². The lowest BCUT2D eigenvalue weighted by Crippen LogP contribution is -2.19. The third kappa shape index (κ3) is 4.72. The maximum atomic E-state index is 12.2. The number of hydrogen-bond donors (Lipinski definition) is 0. The van der Waals surface area contributed by atoms with Crippen molar-refractivity contribution in [2.24, 2.45) is 0 Å². The Balaban J connectivity index is 2.07. The van der Waals surface area contributed by atoms with Gasteiger partial charge in [-0.05, 0) is 24.3 Å². The van der Waals surface area contributed by atoms with Gasteiger partial charge in [0.15, 0.2) is 11.5 Å². The van der Waals surface area contributed by atoms with Gasteiger partial charge in [-0.1, -0.05) is 30.3 Å². The summed E-state index contributed by atoms with van der Waals surface area (Å²) < 4.78 is 49.9. The SMILES string of the molecule is O=C(Oc1ccccc1)Oc1ccccc1OC(F)(F)F. The maximum absolute atomic E-state index is 12.2. The van der Waals surface area contributed by atoms with E-state index in [1.54, 1.807) is 18.2 Å². The largest absolute Gasteiger partial charge is 0.573 e. The summed E-state index contributed by atoms with van der Waals surface area (Å²) in [6, 6.07) is 12.9. The maximum Gasteiger partial charge on any atom is 0.573 e. The average molecular weight is 298 g/mol. The summed E-state index contributed by atoms with van der Waals surface area (Å²) in [4.78, 5) is 11.5. The van der Waals surface area contributed by atoms with Crippen LogP contribution in [0.3, 0.4) is 0 Å². The third-order valence-electron chi connectivity index (χ3n) is 2.21. The average Bonchev–Trinajstić information content (AvgIpc) is 2.40. The molecule has 0 aliphatic rings. The molecule has 0 spiro atoms. The van der Waals surface area contributed by atoms with Crippen LogP contribution in [0.25, 0.3) is 0 Å². The number of ether oxygens (including phenoxy) is 3. The summed E-state index contributed by atoms with van der Waals surface area (Å²) >= 11 is 0. The number of carbonyl (C=O) groups excluding carboxylic acids is 1. The molecule has 0 amide bonds. The number of hydrogen-bond acceptors (Lipinski definition) is 4. The molecule has 0 saturated carbocycles. The van der Waals surface area contributed by atoms with Gasteiger partial charge in [0.05, 0.1) is 0 Å². The van der Waals surface area contributed by atoms with Crippen LogP contribution in [0.15, 0.2) is 54.6 Å². The molecule has 110 valence electrons. The van der Waals surface area contributed by atoms with Crippen LogP contribution < -0.4 is 14.2 Å². The molecule has 2 aromatic rings. The molecule has 0 saturated heterocycles. The van der Waals surface area contributed by atoms with Gasteiger partial charge < -0.3 is 14.2 Å². The Morgan fingerprint density at radius 2 is 1.38 bits per heavy atom. The summed E-state index contributed by atoms with van der Waals surface area (Å²) in [5, 5.41) is 0. The summed E-state index contributed by atoms with van der Waals surface area (Å²) in [5.41, 5.74) is 0. The molecule has 0 unspecified atom stereocenters. The van der Waals surface area contributed by atoms with Crippen LogP contribution in [0.1, 0.15) is 0 Å². The highest BCUT2D eigenvalue weighted by Crippen LogP contribution is 2.32. The molecule has 0 N–H and O–H groups in total. The van der Waals surface area contributed by atoms with E-state index in [4.69, 9.17) is 9.47 Å². The standard InChI is InChI=1S/C14H9F3O4/c15-14(16,17)21-12-9-5-4-8-11(12)20-13(18)19-10-6-2-1-3-7-10/h1-9H. The molecule has 2 aromatic carbocycles. The molecule has 2 rings (SSSR count). The first-order valence-corrected chi connectivity index (χ1v) is 5.73. The van der Waals surface area contributed by atoms with Crippen LogP contribution in [-0.4, -0.2) is 12.5 Å². The van der Waals surface area contributed by atoms with E-state index in [9.17, 15) is 18.0 Å². The molecule has 0 aromatic heterocycles. The first-order valence-electron chi connectivity index (χ1n) is 5.73. The summed E-state index contributed by atoms with van der Waals surface area (Å²) in [5.74, 6) is -0.817. The minimum absolute atomic E-state index is 0.205. The van der Waals surface area contributed by atoms with Crippen molar-refractivity contribution < 1.29 is 32.2 Å². The highest BCUT2D eigenvalue weighted by atomic mass is 19.4. The molecule has 0 atom stereocenters. The van der Waals surface area contributed by atoms with Crippen molar-refractivity contribution in [2.45, 2.75) is 6.36 Å². The molecule has 0 aliphatic heterocycles. The van der Waals surface area contributed by atoms with E-state index in [1.165, 1.54) is 24.3 Å². The van der Waals surface area contributed by atoms with Crippen LogP contribution in [-0.2, 0) is 0 Å². The van der Waals surface area contributed by atoms with Crippen molar-refractivity contribution in [2.75, 3.05) is 0 Å². The van der Waals surface area contributed by atoms with Gasteiger partial charge in [0.2, 0.25) is 0 Å². The van der Waals surface area contributed by atoms with Crippen LogP contribution in [0.2, 0.25) is 0 Å². The summed E-state index contributed by atoms with van der Waals surface area (Å²) in [6.45, 7) is 0. The molecule has 0 heterocycles. The smallest absolute Gasteiger partial charge is 0.402 e. The lowest BCUT2D eigenvalue weighted by molar-refractivity contribution is -0.275. The topological polar surface area (TPSA) is 44.8 Å². The lowest BCUT2D eigenvalue weighted by atomic mass is 10.3. The fourth-order valence-electron chi connectivity index (χ4n) is 1.44. The minimum Gasteiger partial charge on any atom is -0.402 e. The fourth-order valence-corrected chi connectivity index (χ4v) is 1.44. The number of para-hydroxylation sites is 3.